The van der Waals surface area contributed by atoms with E-state index in [1.165, 1.54) is 0 Å². The van der Waals surface area contributed by atoms with E-state index in [9.17, 15) is 4.79 Å². The fourth-order valence-corrected chi connectivity index (χ4v) is 2.27. The number of furan rings is 1. The molecule has 0 spiro atoms. The smallest absolute Gasteiger partial charge is 0.263 e. The summed E-state index contributed by atoms with van der Waals surface area (Å²) in [6.45, 7) is 2.21. The van der Waals surface area contributed by atoms with Gasteiger partial charge in [-0.15, -0.1) is 0 Å². The summed E-state index contributed by atoms with van der Waals surface area (Å²) < 4.78 is 12.4. The minimum Gasteiger partial charge on any atom is -0.484 e. The SMILES string of the molecule is Cc1cc(OCC(=O)Nc2ccnn2Cc2ccco2)ccc1Cl. The van der Waals surface area contributed by atoms with Crippen molar-refractivity contribution < 1.29 is 13.9 Å². The van der Waals surface area contributed by atoms with Crippen LogP contribution in [0.4, 0.5) is 5.82 Å². The number of ether oxygens (including phenoxy) is 1. The van der Waals surface area contributed by atoms with E-state index in [1.807, 2.05) is 13.0 Å². The second kappa shape index (κ2) is 7.23. The van der Waals surface area contributed by atoms with Gasteiger partial charge in [0, 0.05) is 11.1 Å². The first-order chi connectivity index (χ1) is 11.6. The van der Waals surface area contributed by atoms with Crippen molar-refractivity contribution in [3.05, 3.63) is 65.2 Å². The van der Waals surface area contributed by atoms with Crippen LogP contribution in [0.3, 0.4) is 0 Å². The van der Waals surface area contributed by atoms with Crippen molar-refractivity contribution in [3.8, 4) is 5.75 Å². The number of rotatable bonds is 6. The molecule has 0 atom stereocenters. The van der Waals surface area contributed by atoms with Crippen LogP contribution >= 0.6 is 11.6 Å². The number of nitrogens with zero attached hydrogens (tertiary/aromatic N) is 2. The summed E-state index contributed by atoms with van der Waals surface area (Å²) >= 11 is 5.96. The van der Waals surface area contributed by atoms with Crippen LogP contribution < -0.4 is 10.1 Å². The maximum Gasteiger partial charge on any atom is 0.263 e. The lowest BCUT2D eigenvalue weighted by Gasteiger charge is -2.10. The number of aromatic nitrogens is 2. The normalized spacial score (nSPS) is 10.6. The Kier molecular flexibility index (Phi) is 4.86. The Balaban J connectivity index is 1.57. The Morgan fingerprint density at radius 2 is 2.25 bits per heavy atom. The molecule has 3 rings (SSSR count). The van der Waals surface area contributed by atoms with E-state index in [-0.39, 0.29) is 12.5 Å². The van der Waals surface area contributed by atoms with Crippen LogP contribution in [0.5, 0.6) is 5.75 Å². The molecule has 0 aliphatic heterocycles. The predicted molar refractivity (Wildman–Crippen MR) is 90.4 cm³/mol. The lowest BCUT2D eigenvalue weighted by Crippen LogP contribution is -2.22. The quantitative estimate of drug-likeness (QED) is 0.742. The van der Waals surface area contributed by atoms with Gasteiger partial charge < -0.3 is 14.5 Å². The third kappa shape index (κ3) is 3.97. The first-order valence-electron chi connectivity index (χ1n) is 7.35. The molecule has 0 fully saturated rings. The van der Waals surface area contributed by atoms with Gasteiger partial charge in [-0.05, 0) is 42.8 Å². The Labute approximate surface area is 144 Å². The molecule has 0 bridgehead atoms. The van der Waals surface area contributed by atoms with Crippen molar-refractivity contribution in [2.24, 2.45) is 0 Å². The highest BCUT2D eigenvalue weighted by Gasteiger charge is 2.10. The topological polar surface area (TPSA) is 69.3 Å². The molecule has 0 radical (unpaired) electrons. The first-order valence-corrected chi connectivity index (χ1v) is 7.72. The van der Waals surface area contributed by atoms with Crippen LogP contribution in [-0.2, 0) is 11.3 Å². The molecular weight excluding hydrogens is 330 g/mol. The number of nitrogens with one attached hydrogen (secondary N) is 1. The number of aryl methyl sites for hydroxylation is 1. The van der Waals surface area contributed by atoms with Crippen LogP contribution in [-0.4, -0.2) is 22.3 Å². The average Bonchev–Trinajstić information content (AvgIpc) is 3.22. The molecule has 0 saturated carbocycles. The molecule has 6 nitrogen and oxygen atoms in total. The molecule has 1 aromatic carbocycles. The zero-order chi connectivity index (χ0) is 16.9. The summed E-state index contributed by atoms with van der Waals surface area (Å²) in [5, 5.41) is 7.60. The maximum absolute atomic E-state index is 12.1. The zero-order valence-electron chi connectivity index (χ0n) is 13.0. The van der Waals surface area contributed by atoms with Gasteiger partial charge in [-0.1, -0.05) is 11.6 Å². The van der Waals surface area contributed by atoms with Crippen molar-refractivity contribution >= 4 is 23.3 Å². The fraction of sp³-hybridized carbons (Fsp3) is 0.176. The first kappa shape index (κ1) is 16.1. The van der Waals surface area contributed by atoms with Crippen molar-refractivity contribution in [1.29, 1.82) is 0 Å². The van der Waals surface area contributed by atoms with Crippen LogP contribution in [0.25, 0.3) is 0 Å². The van der Waals surface area contributed by atoms with E-state index in [0.29, 0.717) is 23.1 Å². The Bertz CT molecular complexity index is 827. The summed E-state index contributed by atoms with van der Waals surface area (Å²) in [5.74, 6) is 1.65. The molecule has 0 aliphatic carbocycles. The number of benzene rings is 1. The molecule has 2 aromatic heterocycles. The third-order valence-corrected chi connectivity index (χ3v) is 3.79. The van der Waals surface area contributed by atoms with Gasteiger partial charge in [-0.2, -0.15) is 5.10 Å². The third-order valence-electron chi connectivity index (χ3n) is 3.37. The van der Waals surface area contributed by atoms with Crippen LogP contribution in [0.1, 0.15) is 11.3 Å². The number of carbonyl (C=O) groups excluding carboxylic acids is 1. The average molecular weight is 346 g/mol. The minimum atomic E-state index is -0.274. The molecule has 2 heterocycles. The molecule has 0 aliphatic rings. The lowest BCUT2D eigenvalue weighted by atomic mass is 10.2. The number of amides is 1. The van der Waals surface area contributed by atoms with Gasteiger partial charge in [0.25, 0.3) is 5.91 Å². The maximum atomic E-state index is 12.1. The molecule has 3 aromatic rings. The van der Waals surface area contributed by atoms with E-state index >= 15 is 0 Å². The second-order valence-corrected chi connectivity index (χ2v) is 5.61. The highest BCUT2D eigenvalue weighted by atomic mass is 35.5. The van der Waals surface area contributed by atoms with Gasteiger partial charge in [0.1, 0.15) is 23.9 Å². The zero-order valence-corrected chi connectivity index (χ0v) is 13.8. The minimum absolute atomic E-state index is 0.104. The summed E-state index contributed by atoms with van der Waals surface area (Å²) in [7, 11) is 0. The number of hydrogen-bond acceptors (Lipinski definition) is 4. The summed E-state index contributed by atoms with van der Waals surface area (Å²) in [5.41, 5.74) is 0.895. The van der Waals surface area contributed by atoms with E-state index in [2.05, 4.69) is 10.4 Å². The Morgan fingerprint density at radius 3 is 3.00 bits per heavy atom. The van der Waals surface area contributed by atoms with Crippen LogP contribution in [0.15, 0.2) is 53.3 Å². The number of halogens is 1. The predicted octanol–water partition coefficient (Wildman–Crippen LogP) is 3.50. The van der Waals surface area contributed by atoms with Gasteiger partial charge >= 0.3 is 0 Å². The summed E-state index contributed by atoms with van der Waals surface area (Å²) in [6, 6.07) is 10.6. The molecule has 0 saturated heterocycles. The number of carbonyl (C=O) groups is 1. The van der Waals surface area contributed by atoms with E-state index < -0.39 is 0 Å². The standard InChI is InChI=1S/C17H16ClN3O3/c1-12-9-13(4-5-15(12)18)24-11-17(22)20-16-6-7-19-21(16)10-14-3-2-8-23-14/h2-9H,10-11H2,1H3,(H,20,22). The molecule has 124 valence electrons. The van der Waals surface area contributed by atoms with Gasteiger partial charge in [0.05, 0.1) is 12.5 Å². The Hall–Kier alpha value is -2.73. The van der Waals surface area contributed by atoms with Crippen molar-refractivity contribution in [2.75, 3.05) is 11.9 Å². The molecular formula is C17H16ClN3O3. The van der Waals surface area contributed by atoms with E-state index in [0.717, 1.165) is 11.3 Å². The van der Waals surface area contributed by atoms with Crippen molar-refractivity contribution in [1.82, 2.24) is 9.78 Å². The van der Waals surface area contributed by atoms with Crippen LogP contribution in [0, 0.1) is 6.92 Å². The van der Waals surface area contributed by atoms with Crippen molar-refractivity contribution in [3.63, 3.8) is 0 Å². The van der Waals surface area contributed by atoms with Gasteiger partial charge in [0.15, 0.2) is 6.61 Å². The highest BCUT2D eigenvalue weighted by molar-refractivity contribution is 6.31. The van der Waals surface area contributed by atoms with Gasteiger partial charge in [-0.25, -0.2) is 4.68 Å². The number of hydrogen-bond donors (Lipinski definition) is 1. The highest BCUT2D eigenvalue weighted by Crippen LogP contribution is 2.21. The Morgan fingerprint density at radius 1 is 1.38 bits per heavy atom. The number of anilines is 1. The van der Waals surface area contributed by atoms with E-state index in [1.54, 1.807) is 47.5 Å². The van der Waals surface area contributed by atoms with Crippen molar-refractivity contribution in [2.45, 2.75) is 13.5 Å². The van der Waals surface area contributed by atoms with Gasteiger partial charge in [0.2, 0.25) is 0 Å². The molecule has 7 heteroatoms. The second-order valence-electron chi connectivity index (χ2n) is 5.20. The van der Waals surface area contributed by atoms with Gasteiger partial charge in [-0.3, -0.25) is 4.79 Å². The molecule has 24 heavy (non-hydrogen) atoms. The van der Waals surface area contributed by atoms with E-state index in [4.69, 9.17) is 20.8 Å². The summed E-state index contributed by atoms with van der Waals surface area (Å²) in [4.78, 5) is 12.1. The lowest BCUT2D eigenvalue weighted by molar-refractivity contribution is -0.118. The monoisotopic (exact) mass is 345 g/mol. The van der Waals surface area contributed by atoms with Crippen LogP contribution in [0.2, 0.25) is 5.02 Å². The fourth-order valence-electron chi connectivity index (χ4n) is 2.15. The summed E-state index contributed by atoms with van der Waals surface area (Å²) in [6.07, 6.45) is 3.21. The largest absolute Gasteiger partial charge is 0.484 e. The molecule has 1 amide bonds. The molecule has 0 unspecified atom stereocenters. The molecule has 1 N–H and O–H groups in total.